The summed E-state index contributed by atoms with van der Waals surface area (Å²) in [6.45, 7) is 10.3. The molecule has 7 heteroatoms. The summed E-state index contributed by atoms with van der Waals surface area (Å²) in [6.07, 6.45) is 4.03. The van der Waals surface area contributed by atoms with Gasteiger partial charge in [-0.15, -0.1) is 0 Å². The highest BCUT2D eigenvalue weighted by molar-refractivity contribution is 5.74. The van der Waals surface area contributed by atoms with Gasteiger partial charge in [0.25, 0.3) is 0 Å². The first kappa shape index (κ1) is 34.4. The fourth-order valence-corrected chi connectivity index (χ4v) is 8.80. The second-order valence-electron chi connectivity index (χ2n) is 15.8. The maximum Gasteiger partial charge on any atom is 0.315 e. The second-order valence-corrected chi connectivity index (χ2v) is 15.8. The lowest BCUT2D eigenvalue weighted by Crippen LogP contribution is -2.42. The van der Waals surface area contributed by atoms with Gasteiger partial charge in [-0.3, -0.25) is 4.90 Å². The Bertz CT molecular complexity index is 1740. The molecule has 0 spiro atoms. The van der Waals surface area contributed by atoms with Gasteiger partial charge < -0.3 is 25.2 Å². The molecule has 4 aromatic rings. The van der Waals surface area contributed by atoms with Crippen LogP contribution in [-0.4, -0.2) is 41.3 Å². The minimum atomic E-state index is -0.482. The summed E-state index contributed by atoms with van der Waals surface area (Å²) in [5.41, 5.74) is 8.02. The van der Waals surface area contributed by atoms with E-state index in [1.165, 1.54) is 19.3 Å². The number of carbonyl (C=O) groups is 1. The van der Waals surface area contributed by atoms with Gasteiger partial charge in [-0.25, -0.2) is 4.79 Å². The van der Waals surface area contributed by atoms with Gasteiger partial charge in [-0.05, 0) is 69.5 Å². The van der Waals surface area contributed by atoms with E-state index in [9.17, 15) is 9.90 Å². The Labute approximate surface area is 297 Å². The minimum Gasteiger partial charge on any atom is -0.392 e. The molecule has 2 aliphatic heterocycles. The number of aliphatic hydroxyl groups excluding tert-OH is 1. The lowest BCUT2D eigenvalue weighted by Gasteiger charge is -2.41. The van der Waals surface area contributed by atoms with Gasteiger partial charge >= 0.3 is 6.03 Å². The molecular formula is C43H51N3O4. The zero-order valence-electron chi connectivity index (χ0n) is 29.6. The summed E-state index contributed by atoms with van der Waals surface area (Å²) in [5, 5.41) is 15.5. The standard InChI is InChI=1S/C43H51N3O4/c1-42(2)22-37-23-43(3,28-42)29-46(37)26-38-21-39(34-14-12-31(27-47)13-15-34)50-40(49-38)35-18-16-33(17-19-35)36-11-7-10-32(20-36)25-45-41(48)44-24-30-8-5-4-6-9-30/h4-20,37-40,47H,21-29H2,1-3H3,(H2,44,45,48)/t37?,38-,39+,40+,43?/m0/s1. The molecule has 3 aliphatic rings. The summed E-state index contributed by atoms with van der Waals surface area (Å²) in [5.74, 6) is 0. The van der Waals surface area contributed by atoms with E-state index in [1.807, 2.05) is 54.6 Å². The number of hydrogen-bond acceptors (Lipinski definition) is 5. The summed E-state index contributed by atoms with van der Waals surface area (Å²) in [7, 11) is 0. The molecule has 50 heavy (non-hydrogen) atoms. The first-order valence-electron chi connectivity index (χ1n) is 18.1. The Balaban J connectivity index is 1.03. The number of aliphatic hydroxyl groups is 1. The highest BCUT2D eigenvalue weighted by Crippen LogP contribution is 2.53. The van der Waals surface area contributed by atoms with Crippen molar-refractivity contribution in [3.05, 3.63) is 131 Å². The van der Waals surface area contributed by atoms with E-state index < -0.39 is 6.29 Å². The summed E-state index contributed by atoms with van der Waals surface area (Å²) >= 11 is 0. The van der Waals surface area contributed by atoms with E-state index >= 15 is 0 Å². The number of fused-ring (bicyclic) bond motifs is 2. The molecule has 7 nitrogen and oxygen atoms in total. The van der Waals surface area contributed by atoms with Crippen LogP contribution in [0.1, 0.15) is 86.7 Å². The number of hydrogen-bond donors (Lipinski definition) is 3. The van der Waals surface area contributed by atoms with Crippen molar-refractivity contribution in [1.82, 2.24) is 15.5 Å². The molecule has 2 heterocycles. The quantitative estimate of drug-likeness (QED) is 0.158. The van der Waals surface area contributed by atoms with Gasteiger partial charge in [0.05, 0.1) is 18.8 Å². The molecule has 3 N–H and O–H groups in total. The summed E-state index contributed by atoms with van der Waals surface area (Å²) in [6, 6.07) is 35.2. The number of carbonyl (C=O) groups excluding carboxylic acids is 1. The fraction of sp³-hybridized carbons (Fsp3) is 0.419. The number of rotatable bonds is 10. The van der Waals surface area contributed by atoms with Crippen LogP contribution in [-0.2, 0) is 29.2 Å². The van der Waals surface area contributed by atoms with E-state index in [0.717, 1.165) is 58.5 Å². The van der Waals surface area contributed by atoms with Crippen LogP contribution < -0.4 is 10.6 Å². The first-order chi connectivity index (χ1) is 24.1. The van der Waals surface area contributed by atoms with E-state index in [1.54, 1.807) is 0 Å². The van der Waals surface area contributed by atoms with Crippen LogP contribution in [0.4, 0.5) is 4.79 Å². The highest BCUT2D eigenvalue weighted by Gasteiger charge is 2.50. The molecule has 2 unspecified atom stereocenters. The Hall–Kier alpha value is -4.01. The zero-order valence-corrected chi connectivity index (χ0v) is 29.6. The number of benzene rings is 4. The normalized spacial score (nSPS) is 26.0. The van der Waals surface area contributed by atoms with Crippen LogP contribution in [0.5, 0.6) is 0 Å². The molecule has 262 valence electrons. The molecule has 2 saturated heterocycles. The van der Waals surface area contributed by atoms with Crippen molar-refractivity contribution >= 4 is 6.03 Å². The van der Waals surface area contributed by atoms with Crippen molar-refractivity contribution in [3.8, 4) is 11.1 Å². The summed E-state index contributed by atoms with van der Waals surface area (Å²) < 4.78 is 13.5. The molecule has 0 radical (unpaired) electrons. The number of amides is 2. The molecule has 4 aromatic carbocycles. The number of ether oxygens (including phenoxy) is 2. The molecule has 7 rings (SSSR count). The van der Waals surface area contributed by atoms with Crippen molar-refractivity contribution < 1.29 is 19.4 Å². The van der Waals surface area contributed by atoms with Crippen molar-refractivity contribution in [3.63, 3.8) is 0 Å². The monoisotopic (exact) mass is 673 g/mol. The summed E-state index contributed by atoms with van der Waals surface area (Å²) in [4.78, 5) is 15.1. The smallest absolute Gasteiger partial charge is 0.315 e. The number of nitrogens with zero attached hydrogens (tertiary/aromatic N) is 1. The van der Waals surface area contributed by atoms with Crippen LogP contribution in [0.3, 0.4) is 0 Å². The van der Waals surface area contributed by atoms with Crippen molar-refractivity contribution in [1.29, 1.82) is 0 Å². The Kier molecular flexibility index (Phi) is 10.1. The van der Waals surface area contributed by atoms with E-state index in [4.69, 9.17) is 9.47 Å². The Morgan fingerprint density at radius 2 is 1.48 bits per heavy atom. The van der Waals surface area contributed by atoms with Crippen LogP contribution in [0.15, 0.2) is 103 Å². The van der Waals surface area contributed by atoms with Gasteiger partial charge in [0.1, 0.15) is 0 Å². The molecule has 0 aromatic heterocycles. The first-order valence-corrected chi connectivity index (χ1v) is 18.1. The number of urea groups is 1. The topological polar surface area (TPSA) is 83.1 Å². The third kappa shape index (κ3) is 8.30. The predicted octanol–water partition coefficient (Wildman–Crippen LogP) is 8.29. The van der Waals surface area contributed by atoms with Crippen molar-refractivity contribution in [2.24, 2.45) is 10.8 Å². The third-order valence-electron chi connectivity index (χ3n) is 10.8. The highest BCUT2D eigenvalue weighted by atomic mass is 16.7. The molecule has 1 saturated carbocycles. The third-order valence-corrected chi connectivity index (χ3v) is 10.8. The van der Waals surface area contributed by atoms with E-state index in [0.29, 0.717) is 30.0 Å². The molecular weight excluding hydrogens is 622 g/mol. The van der Waals surface area contributed by atoms with Gasteiger partial charge in [-0.1, -0.05) is 118 Å². The lowest BCUT2D eigenvalue weighted by atomic mass is 9.65. The molecule has 5 atom stereocenters. The van der Waals surface area contributed by atoms with Crippen LogP contribution in [0.25, 0.3) is 11.1 Å². The predicted molar refractivity (Wildman–Crippen MR) is 197 cm³/mol. The van der Waals surface area contributed by atoms with Gasteiger partial charge in [0.15, 0.2) is 6.29 Å². The van der Waals surface area contributed by atoms with Gasteiger partial charge in [-0.2, -0.15) is 0 Å². The van der Waals surface area contributed by atoms with Gasteiger partial charge in [0, 0.05) is 44.2 Å². The minimum absolute atomic E-state index is 0.0293. The van der Waals surface area contributed by atoms with E-state index in [-0.39, 0.29) is 24.8 Å². The number of likely N-dealkylation sites (tertiary alicyclic amines) is 1. The SMILES string of the molecule is CC1(C)CC2CC(C)(CN2C[C@@H]2C[C@H](c3ccc(CO)cc3)O[C@H](c3ccc(-c4cccc(CNC(=O)NCc5ccccc5)c4)cc3)O2)C1. The zero-order chi connectivity index (χ0) is 34.7. The molecule has 3 fully saturated rings. The molecule has 2 amide bonds. The average molecular weight is 674 g/mol. The van der Waals surface area contributed by atoms with E-state index in [2.05, 4.69) is 84.8 Å². The van der Waals surface area contributed by atoms with Crippen molar-refractivity contribution in [2.45, 2.75) is 90.7 Å². The maximum atomic E-state index is 12.4. The fourth-order valence-electron chi connectivity index (χ4n) is 8.80. The largest absolute Gasteiger partial charge is 0.392 e. The van der Waals surface area contributed by atoms with Crippen molar-refractivity contribution in [2.75, 3.05) is 13.1 Å². The van der Waals surface area contributed by atoms with Gasteiger partial charge in [0.2, 0.25) is 0 Å². The van der Waals surface area contributed by atoms with Crippen LogP contribution in [0.2, 0.25) is 0 Å². The number of nitrogens with one attached hydrogen (secondary N) is 2. The van der Waals surface area contributed by atoms with Crippen LogP contribution >= 0.6 is 0 Å². The Morgan fingerprint density at radius 1 is 0.780 bits per heavy atom. The Morgan fingerprint density at radius 3 is 2.22 bits per heavy atom. The molecule has 2 bridgehead atoms. The lowest BCUT2D eigenvalue weighted by molar-refractivity contribution is -0.253. The maximum absolute atomic E-state index is 12.4. The van der Waals surface area contributed by atoms with Crippen LogP contribution in [0, 0.1) is 10.8 Å². The average Bonchev–Trinajstić information content (AvgIpc) is 3.37. The second kappa shape index (κ2) is 14.7. The molecule has 1 aliphatic carbocycles.